The van der Waals surface area contributed by atoms with Gasteiger partial charge in [0.2, 0.25) is 11.8 Å². The predicted octanol–water partition coefficient (Wildman–Crippen LogP) is 5.91. The number of nitrogens with one attached hydrogen (secondary N) is 4. The zero-order valence-electron chi connectivity index (χ0n) is 29.3. The molecule has 2 aliphatic heterocycles. The van der Waals surface area contributed by atoms with Crippen molar-refractivity contribution in [1.29, 1.82) is 0 Å². The molecule has 0 radical (unpaired) electrons. The summed E-state index contributed by atoms with van der Waals surface area (Å²) >= 11 is 0. The molecule has 4 N–H and O–H groups in total. The summed E-state index contributed by atoms with van der Waals surface area (Å²) in [6.45, 7) is 11.9. The van der Waals surface area contributed by atoms with Gasteiger partial charge in [-0.15, -0.1) is 0 Å². The van der Waals surface area contributed by atoms with Crippen molar-refractivity contribution >= 4 is 23.2 Å². The number of H-pyrrole nitrogens is 2. The minimum atomic E-state index is -0.105. The Bertz CT molecular complexity index is 1480. The van der Waals surface area contributed by atoms with Crippen molar-refractivity contribution < 1.29 is 25.0 Å². The van der Waals surface area contributed by atoms with Gasteiger partial charge in [-0.1, -0.05) is 36.4 Å². The van der Waals surface area contributed by atoms with Crippen LogP contribution in [0, 0.1) is 13.8 Å². The minimum Gasteiger partial charge on any atom is -2.00 e. The smallest absolute Gasteiger partial charge is 0.241 e. The minimum absolute atomic E-state index is 0. The second-order valence-electron chi connectivity index (χ2n) is 13.3. The number of hydrogen-bond acceptors (Lipinski definition) is 4. The quantitative estimate of drug-likeness (QED) is 0.243. The number of nitrogens with zero attached hydrogens (tertiary/aromatic N) is 2. The van der Waals surface area contributed by atoms with E-state index in [0.29, 0.717) is 11.8 Å². The maximum absolute atomic E-state index is 12.5. The second-order valence-corrected chi connectivity index (χ2v) is 13.3. The highest BCUT2D eigenvalue weighted by Crippen LogP contribution is 2.27. The molecule has 2 atom stereocenters. The number of rotatable bonds is 8. The molecule has 9 nitrogen and oxygen atoms in total. The van der Waals surface area contributed by atoms with E-state index in [0.717, 1.165) is 74.4 Å². The monoisotopic (exact) mass is 664 g/mol. The van der Waals surface area contributed by atoms with Gasteiger partial charge in [0.05, 0.1) is 12.1 Å². The van der Waals surface area contributed by atoms with Gasteiger partial charge in [0.1, 0.15) is 0 Å². The van der Waals surface area contributed by atoms with Gasteiger partial charge in [-0.25, -0.2) is 9.97 Å². The van der Waals surface area contributed by atoms with Crippen LogP contribution in [0.15, 0.2) is 97.3 Å². The molecule has 0 spiro atoms. The molecule has 2 unspecified atom stereocenters. The summed E-state index contributed by atoms with van der Waals surface area (Å²) in [4.78, 5) is 36.3. The molecule has 4 heterocycles. The Balaban J connectivity index is 0.000000216. The molecule has 0 saturated carbocycles. The highest BCUT2D eigenvalue weighted by Gasteiger charge is 2.30. The van der Waals surface area contributed by atoms with Crippen LogP contribution < -0.4 is 20.6 Å². The van der Waals surface area contributed by atoms with Crippen LogP contribution >= 0.6 is 0 Å². The molecule has 2 aromatic carbocycles. The molecule has 2 saturated heterocycles. The van der Waals surface area contributed by atoms with Crippen LogP contribution in [0.3, 0.4) is 0 Å². The molecule has 9 heteroatoms. The Morgan fingerprint density at radius 1 is 0.612 bits per heavy atom. The molecule has 0 bridgehead atoms. The molecule has 0 aliphatic carbocycles. The van der Waals surface area contributed by atoms with Gasteiger partial charge in [0, 0.05) is 47.5 Å². The average Bonchev–Trinajstić information content (AvgIpc) is 3.12. The number of anilines is 2. The van der Waals surface area contributed by atoms with Crippen molar-refractivity contribution in [2.24, 2.45) is 0 Å². The number of hydrogen-bond donors (Lipinski definition) is 2. The number of aryl methyl sites for hydroxylation is 2. The molecule has 2 aromatic heterocycles. The number of aromatic amines is 2. The molecule has 4 aromatic rings. The maximum atomic E-state index is 12.5. The molecule has 2 amide bonds. The normalized spacial score (nSPS) is 17.1. The van der Waals surface area contributed by atoms with Gasteiger partial charge >= 0.3 is 0 Å². The second kappa shape index (κ2) is 18.4. The van der Waals surface area contributed by atoms with Crippen molar-refractivity contribution in [3.63, 3.8) is 0 Å². The third-order valence-corrected chi connectivity index (χ3v) is 9.83. The standard InChI is InChI=1S/2C20H25N3O.O/c2*1-15-6-5-7-18(14-15)22-20(24)16(2)23-12-9-17(10-13-23)19-8-3-4-11-21-19;/h2*3-8,11,14,16-17H,9-10,12-13H2,1-2H3,(H,22,24);/q;;-2/p+2. The summed E-state index contributed by atoms with van der Waals surface area (Å²) in [6, 6.07) is 28.2. The van der Waals surface area contributed by atoms with Crippen LogP contribution in [-0.4, -0.2) is 59.9 Å². The van der Waals surface area contributed by atoms with E-state index in [4.69, 9.17) is 0 Å². The summed E-state index contributed by atoms with van der Waals surface area (Å²) < 4.78 is 0. The lowest BCUT2D eigenvalue weighted by Gasteiger charge is -2.34. The summed E-state index contributed by atoms with van der Waals surface area (Å²) in [6.07, 6.45) is 8.32. The number of aromatic nitrogens is 2. The van der Waals surface area contributed by atoms with Crippen LogP contribution in [0.25, 0.3) is 0 Å². The molecular formula is C40H52N6O3. The van der Waals surface area contributed by atoms with Crippen molar-refractivity contribution in [1.82, 2.24) is 9.80 Å². The number of piperidine rings is 2. The van der Waals surface area contributed by atoms with E-state index in [1.54, 1.807) is 0 Å². The Hall–Kier alpha value is -4.44. The fraction of sp³-hybridized carbons (Fsp3) is 0.400. The Labute approximate surface area is 291 Å². The Morgan fingerprint density at radius 3 is 1.33 bits per heavy atom. The molecule has 2 aliphatic rings. The first-order valence-electron chi connectivity index (χ1n) is 17.4. The van der Waals surface area contributed by atoms with Gasteiger partial charge in [0.25, 0.3) is 0 Å². The number of likely N-dealkylation sites (tertiary alicyclic amines) is 2. The summed E-state index contributed by atoms with van der Waals surface area (Å²) in [7, 11) is 0. The van der Waals surface area contributed by atoms with Gasteiger partial charge in [-0.2, -0.15) is 0 Å². The van der Waals surface area contributed by atoms with E-state index < -0.39 is 0 Å². The van der Waals surface area contributed by atoms with Gasteiger partial charge in [-0.05, 0) is 115 Å². The van der Waals surface area contributed by atoms with Crippen molar-refractivity contribution in [2.75, 3.05) is 36.8 Å². The third-order valence-electron chi connectivity index (χ3n) is 9.83. The van der Waals surface area contributed by atoms with E-state index in [-0.39, 0.29) is 29.4 Å². The fourth-order valence-corrected chi connectivity index (χ4v) is 6.79. The van der Waals surface area contributed by atoms with E-state index >= 15 is 0 Å². The zero-order valence-corrected chi connectivity index (χ0v) is 29.3. The highest BCUT2D eigenvalue weighted by atomic mass is 16.2. The van der Waals surface area contributed by atoms with Crippen LogP contribution in [0.2, 0.25) is 0 Å². The molecular weight excluding hydrogens is 612 g/mol. The van der Waals surface area contributed by atoms with Crippen molar-refractivity contribution in [3.05, 3.63) is 120 Å². The Morgan fingerprint density at radius 2 is 1.00 bits per heavy atom. The third kappa shape index (κ3) is 10.8. The van der Waals surface area contributed by atoms with Crippen LogP contribution in [0.1, 0.15) is 73.9 Å². The summed E-state index contributed by atoms with van der Waals surface area (Å²) in [5, 5.41) is 6.07. The zero-order chi connectivity index (χ0) is 33.9. The highest BCUT2D eigenvalue weighted by molar-refractivity contribution is 5.95. The lowest BCUT2D eigenvalue weighted by Crippen LogP contribution is -2.46. The van der Waals surface area contributed by atoms with Crippen molar-refractivity contribution in [2.45, 2.75) is 77.3 Å². The first-order chi connectivity index (χ1) is 23.3. The van der Waals surface area contributed by atoms with Crippen molar-refractivity contribution in [3.8, 4) is 0 Å². The number of carbonyl (C=O) groups is 2. The molecule has 260 valence electrons. The summed E-state index contributed by atoms with van der Waals surface area (Å²) in [5.74, 6) is 1.28. The fourth-order valence-electron chi connectivity index (χ4n) is 6.79. The summed E-state index contributed by atoms with van der Waals surface area (Å²) in [5.41, 5.74) is 6.66. The van der Waals surface area contributed by atoms with E-state index in [1.807, 2.05) is 101 Å². The number of amides is 2. The molecule has 49 heavy (non-hydrogen) atoms. The molecule has 2 fully saturated rings. The van der Waals surface area contributed by atoms with E-state index in [2.05, 4.69) is 54.7 Å². The van der Waals surface area contributed by atoms with Gasteiger partial charge in [0.15, 0.2) is 23.8 Å². The Kier molecular flexibility index (Phi) is 14.0. The number of carbonyl (C=O) groups excluding carboxylic acids is 2. The topological polar surface area (TPSA) is 121 Å². The van der Waals surface area contributed by atoms with Crippen LogP contribution in [0.5, 0.6) is 0 Å². The lowest BCUT2D eigenvalue weighted by molar-refractivity contribution is -0.394. The first kappa shape index (κ1) is 37.4. The lowest BCUT2D eigenvalue weighted by atomic mass is 9.92. The van der Waals surface area contributed by atoms with Gasteiger partial charge < -0.3 is 16.1 Å². The average molecular weight is 665 g/mol. The van der Waals surface area contributed by atoms with E-state index in [9.17, 15) is 9.59 Å². The largest absolute Gasteiger partial charge is 2.00 e. The molecule has 6 rings (SSSR count). The number of pyridine rings is 2. The van der Waals surface area contributed by atoms with Gasteiger partial charge in [-0.3, -0.25) is 19.4 Å². The first-order valence-corrected chi connectivity index (χ1v) is 17.4. The van der Waals surface area contributed by atoms with E-state index in [1.165, 1.54) is 11.4 Å². The van der Waals surface area contributed by atoms with Crippen LogP contribution in [-0.2, 0) is 15.1 Å². The maximum Gasteiger partial charge on any atom is 0.241 e. The number of benzene rings is 2. The SMILES string of the molecule is Cc1cccc(NC(=O)C(C)N2CCC(c3cccc[nH+]3)CC2)c1.Cc1cccc(NC(=O)C(C)N2CCC(c3cccc[nH+]3)CC2)c1.[O-2]. The predicted molar refractivity (Wildman–Crippen MR) is 192 cm³/mol. The van der Waals surface area contributed by atoms with Crippen LogP contribution in [0.4, 0.5) is 11.4 Å².